The largest absolute Gasteiger partial charge is 0.355 e. The second kappa shape index (κ2) is 5.51. The van der Waals surface area contributed by atoms with E-state index in [4.69, 9.17) is 16.9 Å². The lowest BCUT2D eigenvalue weighted by molar-refractivity contribution is 0.112. The number of hydrogen-bond acceptors (Lipinski definition) is 6. The topological polar surface area (TPSA) is 95.5 Å². The highest BCUT2D eigenvalue weighted by Gasteiger charge is 2.32. The highest BCUT2D eigenvalue weighted by Crippen LogP contribution is 2.31. The van der Waals surface area contributed by atoms with Gasteiger partial charge in [0.25, 0.3) is 0 Å². The van der Waals surface area contributed by atoms with Crippen molar-refractivity contribution in [3.05, 3.63) is 28.7 Å². The molecule has 1 aliphatic rings. The Kier molecular flexibility index (Phi) is 3.78. The van der Waals surface area contributed by atoms with E-state index in [2.05, 4.69) is 4.98 Å². The molecular formula is C14H13ClN4O3S. The van der Waals surface area contributed by atoms with Gasteiger partial charge in [-0.2, -0.15) is 5.26 Å². The molecule has 23 heavy (non-hydrogen) atoms. The lowest BCUT2D eigenvalue weighted by atomic mass is 10.2. The molecule has 3 rings (SSSR count). The van der Waals surface area contributed by atoms with Crippen LogP contribution in [0.4, 0.5) is 5.82 Å². The summed E-state index contributed by atoms with van der Waals surface area (Å²) in [5, 5.41) is 8.85. The zero-order valence-electron chi connectivity index (χ0n) is 12.2. The number of aldehydes is 1. The average molecular weight is 353 g/mol. The van der Waals surface area contributed by atoms with Gasteiger partial charge in [0.05, 0.1) is 21.6 Å². The van der Waals surface area contributed by atoms with Gasteiger partial charge in [0.1, 0.15) is 23.7 Å². The minimum atomic E-state index is -3.12. The Morgan fingerprint density at radius 2 is 2.26 bits per heavy atom. The van der Waals surface area contributed by atoms with E-state index >= 15 is 0 Å². The molecular weight excluding hydrogens is 340 g/mol. The van der Waals surface area contributed by atoms with Crippen molar-refractivity contribution in [3.63, 3.8) is 0 Å². The normalized spacial score (nSPS) is 20.4. The number of imidazole rings is 1. The molecule has 0 spiro atoms. The Morgan fingerprint density at radius 3 is 2.87 bits per heavy atom. The number of anilines is 1. The molecule has 0 bridgehead atoms. The number of carbonyl (C=O) groups excluding carboxylic acids is 1. The van der Waals surface area contributed by atoms with Crippen LogP contribution in [0.2, 0.25) is 5.02 Å². The van der Waals surface area contributed by atoms with Gasteiger partial charge in [-0.25, -0.2) is 13.4 Å². The lowest BCUT2D eigenvalue weighted by Crippen LogP contribution is -2.46. The number of rotatable bonds is 2. The number of sulfone groups is 1. The number of halogens is 1. The van der Waals surface area contributed by atoms with E-state index in [1.54, 1.807) is 11.3 Å². The summed E-state index contributed by atoms with van der Waals surface area (Å²) in [5.74, 6) is 0.520. The molecule has 7 nitrogen and oxygen atoms in total. The third-order valence-corrected chi connectivity index (χ3v) is 6.45. The Labute approximate surface area is 138 Å². The van der Waals surface area contributed by atoms with Crippen molar-refractivity contribution < 1.29 is 13.2 Å². The van der Waals surface area contributed by atoms with E-state index in [9.17, 15) is 13.2 Å². The molecule has 0 N–H and O–H groups in total. The van der Waals surface area contributed by atoms with Crippen LogP contribution in [0.15, 0.2) is 12.4 Å². The monoisotopic (exact) mass is 352 g/mol. The molecule has 0 saturated carbocycles. The highest BCUT2D eigenvalue weighted by atomic mass is 35.5. The van der Waals surface area contributed by atoms with Crippen molar-refractivity contribution in [2.45, 2.75) is 12.2 Å². The molecule has 1 atom stereocenters. The number of hydrogen-bond donors (Lipinski definition) is 0. The molecule has 0 aromatic carbocycles. The maximum Gasteiger partial charge on any atom is 0.167 e. The standard InChI is InChI=1S/C14H13ClN4O3S/c1-9-6-18(2-3-23(9,21)22)14-10(7-20)4-11(15)13-12(5-16)17-8-19(13)14/h4,7-9H,2-3,6H2,1H3. The maximum absolute atomic E-state index is 11.9. The fourth-order valence-corrected chi connectivity index (χ4v) is 4.38. The van der Waals surface area contributed by atoms with Crippen molar-refractivity contribution in [1.82, 2.24) is 9.38 Å². The van der Waals surface area contributed by atoms with Crippen LogP contribution in [0.25, 0.3) is 5.52 Å². The number of nitrogens with zero attached hydrogens (tertiary/aromatic N) is 4. The van der Waals surface area contributed by atoms with Crippen LogP contribution in [0, 0.1) is 11.3 Å². The van der Waals surface area contributed by atoms with E-state index in [-0.39, 0.29) is 29.6 Å². The van der Waals surface area contributed by atoms with Crippen LogP contribution in [0.3, 0.4) is 0 Å². The molecule has 2 aromatic rings. The molecule has 0 aliphatic carbocycles. The van der Waals surface area contributed by atoms with E-state index in [1.165, 1.54) is 12.4 Å². The summed E-state index contributed by atoms with van der Waals surface area (Å²) >= 11 is 6.17. The molecule has 0 amide bonds. The van der Waals surface area contributed by atoms with Crippen LogP contribution in [0.5, 0.6) is 0 Å². The van der Waals surface area contributed by atoms with Gasteiger partial charge in [-0.1, -0.05) is 11.6 Å². The first-order chi connectivity index (χ1) is 10.9. The van der Waals surface area contributed by atoms with Crippen molar-refractivity contribution in [3.8, 4) is 6.07 Å². The Hall–Kier alpha value is -2.11. The second-order valence-corrected chi connectivity index (χ2v) is 8.38. The SMILES string of the molecule is CC1CN(c2c(C=O)cc(Cl)c3c(C#N)ncn23)CCS1(=O)=O. The van der Waals surface area contributed by atoms with Crippen LogP contribution in [-0.2, 0) is 9.84 Å². The van der Waals surface area contributed by atoms with Crippen molar-refractivity contribution in [1.29, 1.82) is 5.26 Å². The lowest BCUT2D eigenvalue weighted by Gasteiger charge is -2.33. The third-order valence-electron chi connectivity index (χ3n) is 4.03. The zero-order chi connectivity index (χ0) is 16.8. The van der Waals surface area contributed by atoms with Crippen LogP contribution in [0.1, 0.15) is 23.0 Å². The fourth-order valence-electron chi connectivity index (χ4n) is 2.80. The van der Waals surface area contributed by atoms with Gasteiger partial charge in [-0.15, -0.1) is 0 Å². The van der Waals surface area contributed by atoms with Gasteiger partial charge >= 0.3 is 0 Å². The van der Waals surface area contributed by atoms with Gasteiger partial charge in [0.15, 0.2) is 21.8 Å². The van der Waals surface area contributed by atoms with E-state index < -0.39 is 15.1 Å². The summed E-state index contributed by atoms with van der Waals surface area (Å²) < 4.78 is 25.4. The smallest absolute Gasteiger partial charge is 0.167 e. The first kappa shape index (κ1) is 15.8. The summed E-state index contributed by atoms with van der Waals surface area (Å²) in [6.45, 7) is 2.17. The maximum atomic E-state index is 11.9. The van der Waals surface area contributed by atoms with E-state index in [1.807, 2.05) is 11.0 Å². The summed E-state index contributed by atoms with van der Waals surface area (Å²) in [7, 11) is -3.12. The third kappa shape index (κ3) is 2.46. The molecule has 120 valence electrons. The number of nitriles is 1. The number of fused-ring (bicyclic) bond motifs is 1. The Morgan fingerprint density at radius 1 is 1.52 bits per heavy atom. The van der Waals surface area contributed by atoms with Crippen molar-refractivity contribution >= 4 is 39.1 Å². The van der Waals surface area contributed by atoms with Gasteiger partial charge in [0, 0.05) is 13.1 Å². The van der Waals surface area contributed by atoms with Crippen LogP contribution in [-0.4, -0.2) is 48.2 Å². The average Bonchev–Trinajstić information content (AvgIpc) is 2.94. The number of pyridine rings is 1. The molecule has 2 aromatic heterocycles. The van der Waals surface area contributed by atoms with Gasteiger partial charge in [0.2, 0.25) is 0 Å². The van der Waals surface area contributed by atoms with E-state index in [0.717, 1.165) is 0 Å². The zero-order valence-corrected chi connectivity index (χ0v) is 13.8. The minimum absolute atomic E-state index is 0.0103. The first-order valence-electron chi connectivity index (χ1n) is 6.90. The first-order valence-corrected chi connectivity index (χ1v) is 8.99. The predicted octanol–water partition coefficient (Wildman–Crippen LogP) is 1.30. The molecule has 1 fully saturated rings. The Bertz CT molecular complexity index is 945. The molecule has 3 heterocycles. The van der Waals surface area contributed by atoms with E-state index in [0.29, 0.717) is 23.2 Å². The van der Waals surface area contributed by atoms with Crippen LogP contribution >= 0.6 is 11.6 Å². The van der Waals surface area contributed by atoms with Gasteiger partial charge in [-0.05, 0) is 13.0 Å². The molecule has 9 heteroatoms. The molecule has 1 saturated heterocycles. The van der Waals surface area contributed by atoms with Crippen molar-refractivity contribution in [2.75, 3.05) is 23.7 Å². The summed E-state index contributed by atoms with van der Waals surface area (Å²) in [6, 6.07) is 3.44. The molecule has 1 aliphatic heterocycles. The summed E-state index contributed by atoms with van der Waals surface area (Å²) in [5.41, 5.74) is 0.901. The van der Waals surface area contributed by atoms with Gasteiger partial charge in [-0.3, -0.25) is 9.20 Å². The quantitative estimate of drug-likeness (QED) is 0.756. The minimum Gasteiger partial charge on any atom is -0.355 e. The second-order valence-electron chi connectivity index (χ2n) is 5.44. The molecule has 0 radical (unpaired) electrons. The van der Waals surface area contributed by atoms with Crippen molar-refractivity contribution in [2.24, 2.45) is 0 Å². The molecule has 1 unspecified atom stereocenters. The summed E-state index contributed by atoms with van der Waals surface area (Å²) in [4.78, 5) is 17.3. The number of carbonyl (C=O) groups is 1. The fraction of sp³-hybridized carbons (Fsp3) is 0.357. The van der Waals surface area contributed by atoms with Crippen LogP contribution < -0.4 is 4.90 Å². The predicted molar refractivity (Wildman–Crippen MR) is 85.8 cm³/mol. The van der Waals surface area contributed by atoms with Gasteiger partial charge < -0.3 is 4.90 Å². The Balaban J connectivity index is 2.21. The summed E-state index contributed by atoms with van der Waals surface area (Å²) in [6.07, 6.45) is 2.09. The number of aromatic nitrogens is 2. The highest BCUT2D eigenvalue weighted by molar-refractivity contribution is 7.92.